The van der Waals surface area contributed by atoms with Gasteiger partial charge in [-0.05, 0) is 36.4 Å². The lowest BCUT2D eigenvalue weighted by Gasteiger charge is -2.08. The van der Waals surface area contributed by atoms with E-state index in [1.54, 1.807) is 43.6 Å². The van der Waals surface area contributed by atoms with E-state index in [0.717, 1.165) is 0 Å². The molecule has 0 bridgehead atoms. The van der Waals surface area contributed by atoms with Crippen LogP contribution >= 0.6 is 0 Å². The first-order valence-electron chi connectivity index (χ1n) is 7.20. The third kappa shape index (κ3) is 4.34. The topological polar surface area (TPSA) is 84.2 Å². The first kappa shape index (κ1) is 17.0. The molecule has 6 nitrogen and oxygen atoms in total. The predicted octanol–water partition coefficient (Wildman–Crippen LogP) is 2.32. The Labute approximate surface area is 140 Å². The number of hydrogen-bond acceptors (Lipinski definition) is 5. The maximum absolute atomic E-state index is 12.2. The molecule has 6 heteroatoms. The van der Waals surface area contributed by atoms with Crippen LogP contribution in [0.5, 0.6) is 11.5 Å². The van der Waals surface area contributed by atoms with Crippen molar-refractivity contribution in [3.63, 3.8) is 0 Å². The van der Waals surface area contributed by atoms with Gasteiger partial charge in [0.15, 0.2) is 0 Å². The van der Waals surface area contributed by atoms with Crippen molar-refractivity contribution in [2.75, 3.05) is 14.2 Å². The minimum Gasteiger partial charge on any atom is -0.497 e. The summed E-state index contributed by atoms with van der Waals surface area (Å²) < 4.78 is 10.4. The Hall–Kier alpha value is -3.33. The highest BCUT2D eigenvalue weighted by Crippen LogP contribution is 2.26. The van der Waals surface area contributed by atoms with Crippen molar-refractivity contribution in [1.82, 2.24) is 10.3 Å². The fourth-order valence-electron chi connectivity index (χ4n) is 2.03. The molecule has 0 aliphatic heterocycles. The van der Waals surface area contributed by atoms with Crippen molar-refractivity contribution >= 4 is 12.0 Å². The Morgan fingerprint density at radius 3 is 2.75 bits per heavy atom. The number of nitrogens with zero attached hydrogens (tertiary/aromatic N) is 2. The van der Waals surface area contributed by atoms with E-state index in [2.05, 4.69) is 10.3 Å². The van der Waals surface area contributed by atoms with E-state index in [1.165, 1.54) is 13.2 Å². The number of pyridine rings is 1. The molecule has 0 atom stereocenters. The van der Waals surface area contributed by atoms with Gasteiger partial charge >= 0.3 is 0 Å². The second kappa shape index (κ2) is 8.34. The third-order valence-electron chi connectivity index (χ3n) is 3.26. The molecular weight excluding hydrogens is 306 g/mol. The molecule has 1 amide bonds. The van der Waals surface area contributed by atoms with Crippen LogP contribution in [0.3, 0.4) is 0 Å². The fourth-order valence-corrected chi connectivity index (χ4v) is 2.03. The number of carbonyl (C=O) groups is 1. The van der Waals surface area contributed by atoms with Crippen molar-refractivity contribution in [2.45, 2.75) is 6.54 Å². The zero-order valence-corrected chi connectivity index (χ0v) is 13.4. The lowest BCUT2D eigenvalue weighted by atomic mass is 10.1. The van der Waals surface area contributed by atoms with Crippen molar-refractivity contribution in [3.05, 3.63) is 59.4 Å². The van der Waals surface area contributed by atoms with Crippen molar-refractivity contribution in [1.29, 1.82) is 5.26 Å². The minimum absolute atomic E-state index is 0.0301. The number of carbonyl (C=O) groups excluding carboxylic acids is 1. The zero-order valence-electron chi connectivity index (χ0n) is 13.4. The summed E-state index contributed by atoms with van der Waals surface area (Å²) in [5.74, 6) is 0.669. The van der Waals surface area contributed by atoms with E-state index in [-0.39, 0.29) is 12.1 Å². The number of aromatic nitrogens is 1. The number of amides is 1. The second-order valence-corrected chi connectivity index (χ2v) is 4.78. The first-order valence-corrected chi connectivity index (χ1v) is 7.20. The van der Waals surface area contributed by atoms with Gasteiger partial charge in [0.25, 0.3) is 5.91 Å². The normalized spacial score (nSPS) is 10.6. The van der Waals surface area contributed by atoms with Gasteiger partial charge in [-0.1, -0.05) is 6.07 Å². The second-order valence-electron chi connectivity index (χ2n) is 4.78. The lowest BCUT2D eigenvalue weighted by Crippen LogP contribution is -2.24. The summed E-state index contributed by atoms with van der Waals surface area (Å²) in [6, 6.07) is 12.5. The van der Waals surface area contributed by atoms with E-state index >= 15 is 0 Å². The smallest absolute Gasteiger partial charge is 0.262 e. The molecule has 2 aromatic rings. The number of hydrogen-bond donors (Lipinski definition) is 1. The number of nitriles is 1. The summed E-state index contributed by atoms with van der Waals surface area (Å²) >= 11 is 0. The van der Waals surface area contributed by atoms with Crippen LogP contribution in [0, 0.1) is 11.3 Å². The average Bonchev–Trinajstić information content (AvgIpc) is 2.64. The number of ether oxygens (including phenoxy) is 2. The van der Waals surface area contributed by atoms with Gasteiger partial charge in [0.1, 0.15) is 23.1 Å². The molecule has 0 aliphatic carbocycles. The summed E-state index contributed by atoms with van der Waals surface area (Å²) in [5, 5.41) is 12.0. The highest BCUT2D eigenvalue weighted by molar-refractivity contribution is 6.02. The fraction of sp³-hybridized carbons (Fsp3) is 0.167. The maximum Gasteiger partial charge on any atom is 0.262 e. The minimum atomic E-state index is -0.479. The molecule has 1 aromatic carbocycles. The molecule has 0 saturated carbocycles. The molecule has 24 heavy (non-hydrogen) atoms. The van der Waals surface area contributed by atoms with Crippen LogP contribution in [-0.4, -0.2) is 25.1 Å². The predicted molar refractivity (Wildman–Crippen MR) is 89.2 cm³/mol. The number of rotatable bonds is 6. The van der Waals surface area contributed by atoms with E-state index in [0.29, 0.717) is 22.8 Å². The Bertz CT molecular complexity index is 780. The van der Waals surface area contributed by atoms with Crippen LogP contribution in [0.15, 0.2) is 48.2 Å². The van der Waals surface area contributed by atoms with Crippen molar-refractivity contribution in [2.24, 2.45) is 0 Å². The SMILES string of the molecule is COc1ccc(OC)c(/C=C(\C#N)C(=O)NCc2ccccn2)c1. The van der Waals surface area contributed by atoms with Crippen LogP contribution in [0.1, 0.15) is 11.3 Å². The highest BCUT2D eigenvalue weighted by atomic mass is 16.5. The Morgan fingerprint density at radius 1 is 1.29 bits per heavy atom. The molecule has 0 unspecified atom stereocenters. The van der Waals surface area contributed by atoms with Crippen molar-refractivity contribution < 1.29 is 14.3 Å². The highest BCUT2D eigenvalue weighted by Gasteiger charge is 2.11. The van der Waals surface area contributed by atoms with Crippen LogP contribution in [0.4, 0.5) is 0 Å². The molecule has 0 fully saturated rings. The van der Waals surface area contributed by atoms with E-state index < -0.39 is 5.91 Å². The first-order chi connectivity index (χ1) is 11.7. The van der Waals surface area contributed by atoms with Crippen molar-refractivity contribution in [3.8, 4) is 17.6 Å². The van der Waals surface area contributed by atoms with Gasteiger partial charge in [-0.3, -0.25) is 9.78 Å². The summed E-state index contributed by atoms with van der Waals surface area (Å²) in [6.45, 7) is 0.244. The number of methoxy groups -OCH3 is 2. The Morgan fingerprint density at radius 2 is 2.12 bits per heavy atom. The van der Waals surface area contributed by atoms with Gasteiger partial charge in [0.05, 0.1) is 26.5 Å². The summed E-state index contributed by atoms with van der Waals surface area (Å²) in [7, 11) is 3.06. The van der Waals surface area contributed by atoms with E-state index in [1.807, 2.05) is 12.1 Å². The van der Waals surface area contributed by atoms with E-state index in [4.69, 9.17) is 9.47 Å². The third-order valence-corrected chi connectivity index (χ3v) is 3.26. The quantitative estimate of drug-likeness (QED) is 0.651. The van der Waals surface area contributed by atoms with Crippen LogP contribution in [0.2, 0.25) is 0 Å². The monoisotopic (exact) mass is 323 g/mol. The molecule has 0 radical (unpaired) electrons. The number of benzene rings is 1. The molecule has 2 rings (SSSR count). The standard InChI is InChI=1S/C18H17N3O3/c1-23-16-6-7-17(24-2)13(10-16)9-14(11-19)18(22)21-12-15-5-3-4-8-20-15/h3-10H,12H2,1-2H3,(H,21,22)/b14-9+. The molecule has 1 heterocycles. The molecule has 1 N–H and O–H groups in total. The Balaban J connectivity index is 2.19. The largest absolute Gasteiger partial charge is 0.497 e. The van der Waals surface area contributed by atoms with Gasteiger partial charge < -0.3 is 14.8 Å². The lowest BCUT2D eigenvalue weighted by molar-refractivity contribution is -0.117. The summed E-state index contributed by atoms with van der Waals surface area (Å²) in [4.78, 5) is 16.3. The number of nitrogens with one attached hydrogen (secondary N) is 1. The maximum atomic E-state index is 12.2. The van der Waals surface area contributed by atoms with Gasteiger partial charge in [0.2, 0.25) is 0 Å². The van der Waals surface area contributed by atoms with Gasteiger partial charge in [0, 0.05) is 11.8 Å². The molecule has 122 valence electrons. The zero-order chi connectivity index (χ0) is 17.4. The van der Waals surface area contributed by atoms with Crippen LogP contribution < -0.4 is 14.8 Å². The van der Waals surface area contributed by atoms with Crippen LogP contribution in [0.25, 0.3) is 6.08 Å². The van der Waals surface area contributed by atoms with Gasteiger partial charge in [-0.15, -0.1) is 0 Å². The van der Waals surface area contributed by atoms with Crippen LogP contribution in [-0.2, 0) is 11.3 Å². The summed E-state index contributed by atoms with van der Waals surface area (Å²) in [6.07, 6.45) is 3.11. The van der Waals surface area contributed by atoms with Gasteiger partial charge in [-0.2, -0.15) is 5.26 Å². The Kier molecular flexibility index (Phi) is 5.92. The van der Waals surface area contributed by atoms with E-state index in [9.17, 15) is 10.1 Å². The summed E-state index contributed by atoms with van der Waals surface area (Å²) in [5.41, 5.74) is 1.26. The molecule has 0 saturated heterocycles. The molecule has 0 aliphatic rings. The average molecular weight is 323 g/mol. The molecule has 0 spiro atoms. The van der Waals surface area contributed by atoms with Gasteiger partial charge in [-0.25, -0.2) is 0 Å². The molecule has 1 aromatic heterocycles. The molecular formula is C18H17N3O3.